The van der Waals surface area contributed by atoms with Gasteiger partial charge in [0, 0.05) is 0 Å². The minimum absolute atomic E-state index is 0.229. The third-order valence-corrected chi connectivity index (χ3v) is 2.20. The third-order valence-electron chi connectivity index (χ3n) is 2.20. The Morgan fingerprint density at radius 1 is 1.36 bits per heavy atom. The van der Waals surface area contributed by atoms with Gasteiger partial charge in [-0.1, -0.05) is 30.3 Å². The van der Waals surface area contributed by atoms with E-state index in [-0.39, 0.29) is 6.42 Å². The van der Waals surface area contributed by atoms with Crippen LogP contribution in [0.15, 0.2) is 30.3 Å². The summed E-state index contributed by atoms with van der Waals surface area (Å²) >= 11 is 0. The highest BCUT2D eigenvalue weighted by Gasteiger charge is 2.28. The first-order valence-corrected chi connectivity index (χ1v) is 4.52. The summed E-state index contributed by atoms with van der Waals surface area (Å²) in [6.45, 7) is 1.32. The van der Waals surface area contributed by atoms with Crippen molar-refractivity contribution in [2.75, 3.05) is 0 Å². The lowest BCUT2D eigenvalue weighted by atomic mass is 9.97. The molecule has 0 bridgehead atoms. The summed E-state index contributed by atoms with van der Waals surface area (Å²) < 4.78 is 0. The molecule has 0 fully saturated rings. The van der Waals surface area contributed by atoms with Gasteiger partial charge in [0.15, 0.2) is 5.60 Å². The predicted molar refractivity (Wildman–Crippen MR) is 53.0 cm³/mol. The van der Waals surface area contributed by atoms with Gasteiger partial charge in [0.1, 0.15) is 0 Å². The molecule has 0 aliphatic heterocycles. The first kappa shape index (κ1) is 10.7. The monoisotopic (exact) mass is 194 g/mol. The molecule has 2 N–H and O–H groups in total. The summed E-state index contributed by atoms with van der Waals surface area (Å²) in [7, 11) is 0. The van der Waals surface area contributed by atoms with Crippen molar-refractivity contribution in [2.45, 2.75) is 25.4 Å². The van der Waals surface area contributed by atoms with E-state index in [2.05, 4.69) is 0 Å². The van der Waals surface area contributed by atoms with Crippen LogP contribution in [-0.4, -0.2) is 21.8 Å². The van der Waals surface area contributed by atoms with Crippen molar-refractivity contribution < 1.29 is 15.0 Å². The number of carboxylic acid groups (broad SMARTS) is 1. The molecular formula is C11H14O3. The Bertz CT molecular complexity index is 304. The van der Waals surface area contributed by atoms with E-state index in [0.717, 1.165) is 5.56 Å². The number of carbonyl (C=O) groups is 1. The van der Waals surface area contributed by atoms with Crippen molar-refractivity contribution in [2.24, 2.45) is 0 Å². The highest BCUT2D eigenvalue weighted by atomic mass is 16.4. The second kappa shape index (κ2) is 4.24. The van der Waals surface area contributed by atoms with Crippen LogP contribution in [0.4, 0.5) is 0 Å². The number of hydrogen-bond acceptors (Lipinski definition) is 2. The number of hydrogen-bond donors (Lipinski definition) is 2. The van der Waals surface area contributed by atoms with Gasteiger partial charge < -0.3 is 10.2 Å². The zero-order valence-corrected chi connectivity index (χ0v) is 8.10. The van der Waals surface area contributed by atoms with E-state index in [9.17, 15) is 9.90 Å². The number of rotatable bonds is 4. The number of carboxylic acids is 1. The predicted octanol–water partition coefficient (Wildman–Crippen LogP) is 1.45. The molecule has 1 rings (SSSR count). The van der Waals surface area contributed by atoms with Crippen molar-refractivity contribution in [1.29, 1.82) is 0 Å². The summed E-state index contributed by atoms with van der Waals surface area (Å²) in [4.78, 5) is 10.6. The molecule has 0 heterocycles. The van der Waals surface area contributed by atoms with Gasteiger partial charge in [-0.15, -0.1) is 0 Å². The van der Waals surface area contributed by atoms with Gasteiger partial charge in [0.05, 0.1) is 0 Å². The second-order valence-electron chi connectivity index (χ2n) is 3.56. The highest BCUT2D eigenvalue weighted by molar-refractivity contribution is 5.76. The summed E-state index contributed by atoms with van der Waals surface area (Å²) in [5.74, 6) is -1.17. The normalized spacial score (nSPS) is 14.7. The summed E-state index contributed by atoms with van der Waals surface area (Å²) in [5.41, 5.74) is -0.593. The molecular weight excluding hydrogens is 180 g/mol. The maximum atomic E-state index is 10.6. The molecule has 3 heteroatoms. The lowest BCUT2D eigenvalue weighted by Crippen LogP contribution is -2.35. The first-order valence-electron chi connectivity index (χ1n) is 4.52. The second-order valence-corrected chi connectivity index (χ2v) is 3.56. The molecule has 0 amide bonds. The van der Waals surface area contributed by atoms with Crippen LogP contribution >= 0.6 is 0 Å². The van der Waals surface area contributed by atoms with Crippen LogP contribution in [0.2, 0.25) is 0 Å². The summed E-state index contributed by atoms with van der Waals surface area (Å²) in [6, 6.07) is 9.52. The minimum Gasteiger partial charge on any atom is -0.479 e. The van der Waals surface area contributed by atoms with Gasteiger partial charge in [0.2, 0.25) is 0 Å². The fourth-order valence-corrected chi connectivity index (χ4v) is 1.14. The van der Waals surface area contributed by atoms with Gasteiger partial charge in [-0.3, -0.25) is 0 Å². The van der Waals surface area contributed by atoms with E-state index < -0.39 is 11.6 Å². The maximum Gasteiger partial charge on any atom is 0.335 e. The molecule has 0 saturated heterocycles. The number of aliphatic hydroxyl groups is 1. The van der Waals surface area contributed by atoms with Crippen LogP contribution in [-0.2, 0) is 11.2 Å². The van der Waals surface area contributed by atoms with E-state index in [1.807, 2.05) is 30.3 Å². The van der Waals surface area contributed by atoms with Gasteiger partial charge >= 0.3 is 5.97 Å². The van der Waals surface area contributed by atoms with E-state index >= 15 is 0 Å². The van der Waals surface area contributed by atoms with E-state index in [4.69, 9.17) is 5.11 Å². The molecule has 0 aliphatic carbocycles. The molecule has 0 aromatic heterocycles. The first-order chi connectivity index (χ1) is 6.52. The molecule has 1 atom stereocenters. The average Bonchev–Trinajstić information content (AvgIpc) is 2.16. The molecule has 3 nitrogen and oxygen atoms in total. The van der Waals surface area contributed by atoms with Gasteiger partial charge in [0.25, 0.3) is 0 Å². The molecule has 0 spiro atoms. The summed E-state index contributed by atoms with van der Waals surface area (Å²) in [6.07, 6.45) is 0.798. The number of benzene rings is 1. The molecule has 76 valence electrons. The molecule has 14 heavy (non-hydrogen) atoms. The smallest absolute Gasteiger partial charge is 0.335 e. The summed E-state index contributed by atoms with van der Waals surface area (Å²) in [5, 5.41) is 18.1. The van der Waals surface area contributed by atoms with Crippen molar-refractivity contribution >= 4 is 5.97 Å². The molecule has 1 aromatic rings. The molecule has 0 unspecified atom stereocenters. The average molecular weight is 194 g/mol. The number of aryl methyl sites for hydroxylation is 1. The Hall–Kier alpha value is -1.35. The minimum atomic E-state index is -1.63. The molecule has 1 aromatic carbocycles. The van der Waals surface area contributed by atoms with Crippen molar-refractivity contribution in [1.82, 2.24) is 0 Å². The van der Waals surface area contributed by atoms with Gasteiger partial charge in [-0.2, -0.15) is 0 Å². The van der Waals surface area contributed by atoms with Crippen LogP contribution in [0.25, 0.3) is 0 Å². The van der Waals surface area contributed by atoms with Gasteiger partial charge in [-0.25, -0.2) is 4.79 Å². The van der Waals surface area contributed by atoms with Crippen molar-refractivity contribution in [3.8, 4) is 0 Å². The Labute approximate surface area is 83.0 Å². The lowest BCUT2D eigenvalue weighted by molar-refractivity contribution is -0.157. The van der Waals surface area contributed by atoms with E-state index in [1.165, 1.54) is 6.92 Å². The Morgan fingerprint density at radius 2 is 1.93 bits per heavy atom. The third kappa shape index (κ3) is 2.85. The van der Waals surface area contributed by atoms with Crippen LogP contribution in [0.3, 0.4) is 0 Å². The fraction of sp³-hybridized carbons (Fsp3) is 0.364. The van der Waals surface area contributed by atoms with Crippen molar-refractivity contribution in [3.05, 3.63) is 35.9 Å². The zero-order valence-electron chi connectivity index (χ0n) is 8.10. The standard InChI is InChI=1S/C11H14O3/c1-11(14,10(12)13)8-7-9-5-3-2-4-6-9/h2-6,14H,7-8H2,1H3,(H,12,13)/t11-/m1/s1. The van der Waals surface area contributed by atoms with E-state index in [0.29, 0.717) is 6.42 Å². The molecule has 0 saturated carbocycles. The topological polar surface area (TPSA) is 57.5 Å². The fourth-order valence-electron chi connectivity index (χ4n) is 1.14. The van der Waals surface area contributed by atoms with Crippen LogP contribution < -0.4 is 0 Å². The van der Waals surface area contributed by atoms with Crippen LogP contribution in [0.5, 0.6) is 0 Å². The lowest BCUT2D eigenvalue weighted by Gasteiger charge is -2.17. The highest BCUT2D eigenvalue weighted by Crippen LogP contribution is 2.13. The maximum absolute atomic E-state index is 10.6. The van der Waals surface area contributed by atoms with E-state index in [1.54, 1.807) is 0 Å². The van der Waals surface area contributed by atoms with Crippen LogP contribution in [0, 0.1) is 0 Å². The largest absolute Gasteiger partial charge is 0.479 e. The van der Waals surface area contributed by atoms with Crippen LogP contribution in [0.1, 0.15) is 18.9 Å². The Balaban J connectivity index is 2.53. The Morgan fingerprint density at radius 3 is 2.43 bits per heavy atom. The van der Waals surface area contributed by atoms with Gasteiger partial charge in [-0.05, 0) is 25.3 Å². The number of aliphatic carboxylic acids is 1. The zero-order chi connectivity index (χ0) is 10.6. The quantitative estimate of drug-likeness (QED) is 0.762. The molecule has 0 radical (unpaired) electrons. The molecule has 0 aliphatic rings. The Kier molecular flexibility index (Phi) is 3.25. The van der Waals surface area contributed by atoms with Crippen molar-refractivity contribution in [3.63, 3.8) is 0 Å². The SMILES string of the molecule is C[C@@](O)(CCc1ccccc1)C(=O)O.